The first-order valence-corrected chi connectivity index (χ1v) is 8.27. The van der Waals surface area contributed by atoms with E-state index in [1.54, 1.807) is 0 Å². The first-order valence-electron chi connectivity index (χ1n) is 6.04. The van der Waals surface area contributed by atoms with Crippen LogP contribution in [0.2, 0.25) is 5.02 Å². The topological polar surface area (TPSA) is 136 Å². The molecule has 0 saturated carbocycles. The second kappa shape index (κ2) is 6.91. The molecule has 5 N–H and O–H groups in total. The minimum atomic E-state index is -3.67. The molecule has 7 nitrogen and oxygen atoms in total. The van der Waals surface area contributed by atoms with E-state index in [1.807, 2.05) is 25.1 Å². The van der Waals surface area contributed by atoms with E-state index in [9.17, 15) is 13.2 Å². The van der Waals surface area contributed by atoms with Gasteiger partial charge in [-0.25, -0.2) is 0 Å². The Bertz CT molecular complexity index is 757. The third kappa shape index (κ3) is 5.14. The van der Waals surface area contributed by atoms with Crippen molar-refractivity contribution < 1.29 is 17.8 Å². The van der Waals surface area contributed by atoms with Crippen LogP contribution in [-0.4, -0.2) is 31.1 Å². The van der Waals surface area contributed by atoms with Crippen molar-refractivity contribution in [1.82, 2.24) is 0 Å². The lowest BCUT2D eigenvalue weighted by Gasteiger charge is -2.01. The molecule has 1 amide bonds. The standard InChI is InChI=1S/C12H12ClN3O.CH4O3S/c1-6-7-3-2-4-10(13)9(7)5-8(6)11(17)16-12(14)15;1-5(2,3)4/h2-4H,5H2,1H3,(H4,14,15,16,17);1H3,(H,2,3,4). The van der Waals surface area contributed by atoms with E-state index in [1.165, 1.54) is 0 Å². The highest BCUT2D eigenvalue weighted by Gasteiger charge is 2.24. The van der Waals surface area contributed by atoms with Gasteiger partial charge in [0.05, 0.1) is 6.26 Å². The Balaban J connectivity index is 0.000000422. The number of guanidine groups is 1. The summed E-state index contributed by atoms with van der Waals surface area (Å²) in [7, 11) is -3.67. The van der Waals surface area contributed by atoms with Crippen LogP contribution < -0.4 is 11.5 Å². The lowest BCUT2D eigenvalue weighted by atomic mass is 10.1. The van der Waals surface area contributed by atoms with Crippen LogP contribution in [0.3, 0.4) is 0 Å². The number of aliphatic imine (C=N–C) groups is 1. The van der Waals surface area contributed by atoms with E-state index in [0.29, 0.717) is 23.3 Å². The predicted molar refractivity (Wildman–Crippen MR) is 86.0 cm³/mol. The number of rotatable bonds is 1. The van der Waals surface area contributed by atoms with Gasteiger partial charge >= 0.3 is 0 Å². The number of hydrogen-bond donors (Lipinski definition) is 3. The average molecular weight is 346 g/mol. The van der Waals surface area contributed by atoms with Gasteiger partial charge in [0.1, 0.15) is 0 Å². The summed E-state index contributed by atoms with van der Waals surface area (Å²) in [4.78, 5) is 15.4. The van der Waals surface area contributed by atoms with Gasteiger partial charge in [0, 0.05) is 17.0 Å². The SMILES string of the molecule is CC1=C(C(=O)N=C(N)N)Cc2c(Cl)cccc21.CS(=O)(=O)O. The van der Waals surface area contributed by atoms with Crippen LogP contribution >= 0.6 is 11.6 Å². The Kier molecular flexibility index (Phi) is 5.70. The van der Waals surface area contributed by atoms with Crippen LogP contribution in [0.5, 0.6) is 0 Å². The Hall–Kier alpha value is -1.90. The zero-order chi connectivity index (χ0) is 17.1. The van der Waals surface area contributed by atoms with Crippen LogP contribution in [0.25, 0.3) is 5.57 Å². The van der Waals surface area contributed by atoms with Crippen LogP contribution in [-0.2, 0) is 21.3 Å². The number of hydrogen-bond acceptors (Lipinski definition) is 3. The number of nitrogens with two attached hydrogens (primary N) is 2. The number of amides is 1. The minimum Gasteiger partial charge on any atom is -0.370 e. The molecule has 0 atom stereocenters. The van der Waals surface area contributed by atoms with E-state index in [2.05, 4.69) is 4.99 Å². The maximum Gasteiger partial charge on any atom is 0.276 e. The van der Waals surface area contributed by atoms with Gasteiger partial charge in [0.2, 0.25) is 0 Å². The van der Waals surface area contributed by atoms with Crippen molar-refractivity contribution >= 4 is 39.2 Å². The van der Waals surface area contributed by atoms with Crippen LogP contribution in [0.1, 0.15) is 18.1 Å². The fourth-order valence-electron chi connectivity index (χ4n) is 1.98. The first-order chi connectivity index (χ1) is 10.0. The van der Waals surface area contributed by atoms with Crippen molar-refractivity contribution in [3.05, 3.63) is 39.9 Å². The molecular weight excluding hydrogens is 330 g/mol. The lowest BCUT2D eigenvalue weighted by molar-refractivity contribution is -0.114. The van der Waals surface area contributed by atoms with E-state index in [0.717, 1.165) is 16.7 Å². The molecule has 0 saturated heterocycles. The van der Waals surface area contributed by atoms with Crippen molar-refractivity contribution in [3.8, 4) is 0 Å². The molecule has 0 unspecified atom stereocenters. The molecule has 0 heterocycles. The maximum atomic E-state index is 11.8. The highest BCUT2D eigenvalue weighted by Crippen LogP contribution is 2.36. The summed E-state index contributed by atoms with van der Waals surface area (Å²) in [5.41, 5.74) is 13.8. The Morgan fingerprint density at radius 1 is 1.36 bits per heavy atom. The van der Waals surface area contributed by atoms with Gasteiger partial charge in [-0.15, -0.1) is 0 Å². The Morgan fingerprint density at radius 2 is 1.91 bits per heavy atom. The van der Waals surface area contributed by atoms with Gasteiger partial charge in [-0.3, -0.25) is 9.35 Å². The van der Waals surface area contributed by atoms with Crippen molar-refractivity contribution in [2.75, 3.05) is 6.26 Å². The summed E-state index contributed by atoms with van der Waals surface area (Å²) in [6, 6.07) is 5.60. The first kappa shape index (κ1) is 18.1. The highest BCUT2D eigenvalue weighted by atomic mass is 35.5. The Morgan fingerprint density at radius 3 is 2.36 bits per heavy atom. The van der Waals surface area contributed by atoms with Crippen molar-refractivity contribution in [3.63, 3.8) is 0 Å². The summed E-state index contributed by atoms with van der Waals surface area (Å²) < 4.78 is 25.9. The average Bonchev–Trinajstić information content (AvgIpc) is 2.66. The predicted octanol–water partition coefficient (Wildman–Crippen LogP) is 0.974. The number of nitrogens with zero attached hydrogens (tertiary/aromatic N) is 1. The number of fused-ring (bicyclic) bond motifs is 1. The molecule has 1 aliphatic rings. The zero-order valence-electron chi connectivity index (χ0n) is 12.0. The van der Waals surface area contributed by atoms with Crippen LogP contribution in [0, 0.1) is 0 Å². The van der Waals surface area contributed by atoms with Crippen LogP contribution in [0.15, 0.2) is 28.8 Å². The van der Waals surface area contributed by atoms with Crippen LogP contribution in [0.4, 0.5) is 0 Å². The molecule has 1 aromatic carbocycles. The number of allylic oxidation sites excluding steroid dienone is 1. The molecule has 0 aromatic heterocycles. The van der Waals surface area contributed by atoms with Crippen molar-refractivity contribution in [2.24, 2.45) is 16.5 Å². The normalized spacial score (nSPS) is 13.1. The molecule has 2 rings (SSSR count). The maximum absolute atomic E-state index is 11.8. The van der Waals surface area contributed by atoms with E-state index >= 15 is 0 Å². The van der Waals surface area contributed by atoms with Gasteiger partial charge in [-0.1, -0.05) is 23.7 Å². The monoisotopic (exact) mass is 345 g/mol. The summed E-state index contributed by atoms with van der Waals surface area (Å²) in [5, 5.41) is 0.661. The zero-order valence-corrected chi connectivity index (χ0v) is 13.6. The minimum absolute atomic E-state index is 0.225. The molecular formula is C13H16ClN3O4S. The van der Waals surface area contributed by atoms with Crippen molar-refractivity contribution in [1.29, 1.82) is 0 Å². The number of benzene rings is 1. The smallest absolute Gasteiger partial charge is 0.276 e. The Labute approximate surface area is 133 Å². The quantitative estimate of drug-likeness (QED) is 0.394. The molecule has 1 aromatic rings. The molecule has 9 heteroatoms. The summed E-state index contributed by atoms with van der Waals surface area (Å²) in [6.07, 6.45) is 1.20. The number of carbonyl (C=O) groups excluding carboxylic acids is 1. The molecule has 0 aliphatic heterocycles. The van der Waals surface area contributed by atoms with Gasteiger partial charge < -0.3 is 11.5 Å². The van der Waals surface area contributed by atoms with E-state index < -0.39 is 16.0 Å². The molecule has 22 heavy (non-hydrogen) atoms. The van der Waals surface area contributed by atoms with Crippen molar-refractivity contribution in [2.45, 2.75) is 13.3 Å². The third-order valence-corrected chi connectivity index (χ3v) is 3.17. The third-order valence-electron chi connectivity index (χ3n) is 2.82. The lowest BCUT2D eigenvalue weighted by Crippen LogP contribution is -2.24. The summed E-state index contributed by atoms with van der Waals surface area (Å²) in [6.45, 7) is 1.87. The molecule has 0 radical (unpaired) electrons. The number of carbonyl (C=O) groups is 1. The molecule has 0 bridgehead atoms. The fraction of sp³-hybridized carbons (Fsp3) is 0.231. The van der Waals surface area contributed by atoms with E-state index in [-0.39, 0.29) is 5.96 Å². The summed E-state index contributed by atoms with van der Waals surface area (Å²) >= 11 is 6.09. The fourth-order valence-corrected chi connectivity index (χ4v) is 2.22. The van der Waals surface area contributed by atoms with E-state index in [4.69, 9.17) is 27.6 Å². The molecule has 120 valence electrons. The summed E-state index contributed by atoms with van der Waals surface area (Å²) in [5.74, 6) is -0.618. The molecule has 0 fully saturated rings. The van der Waals surface area contributed by atoms with Gasteiger partial charge in [-0.05, 0) is 29.7 Å². The molecule has 1 aliphatic carbocycles. The van der Waals surface area contributed by atoms with Gasteiger partial charge in [0.15, 0.2) is 5.96 Å². The second-order valence-corrected chi connectivity index (χ2v) is 6.49. The highest BCUT2D eigenvalue weighted by molar-refractivity contribution is 7.85. The van der Waals surface area contributed by atoms with Gasteiger partial charge in [0.25, 0.3) is 16.0 Å². The largest absolute Gasteiger partial charge is 0.370 e. The number of halogens is 1. The molecule has 0 spiro atoms. The van der Waals surface area contributed by atoms with Gasteiger partial charge in [-0.2, -0.15) is 13.4 Å². The second-order valence-electron chi connectivity index (χ2n) is 4.62.